The molecule has 0 radical (unpaired) electrons. The summed E-state index contributed by atoms with van der Waals surface area (Å²) in [7, 11) is -3.52. The summed E-state index contributed by atoms with van der Waals surface area (Å²) in [6, 6.07) is 13.0. The Bertz CT molecular complexity index is 1110. The van der Waals surface area contributed by atoms with Gasteiger partial charge >= 0.3 is 0 Å². The molecule has 7 nitrogen and oxygen atoms in total. The fourth-order valence-electron chi connectivity index (χ4n) is 4.32. The van der Waals surface area contributed by atoms with E-state index in [1.54, 1.807) is 4.90 Å². The van der Waals surface area contributed by atoms with Crippen molar-refractivity contribution in [2.75, 3.05) is 23.7 Å². The number of hydrogen-bond acceptors (Lipinski definition) is 4. The van der Waals surface area contributed by atoms with Gasteiger partial charge in [0.25, 0.3) is 0 Å². The van der Waals surface area contributed by atoms with E-state index in [-0.39, 0.29) is 24.8 Å². The third-order valence-electron chi connectivity index (χ3n) is 5.82. The van der Waals surface area contributed by atoms with E-state index in [1.807, 2.05) is 77.1 Å². The lowest BCUT2D eigenvalue weighted by Crippen LogP contribution is -2.49. The summed E-state index contributed by atoms with van der Waals surface area (Å²) in [5.41, 5.74) is 4.58. The van der Waals surface area contributed by atoms with Crippen molar-refractivity contribution in [1.29, 1.82) is 0 Å². The molecule has 0 bridgehead atoms. The van der Waals surface area contributed by atoms with Gasteiger partial charge in [0.05, 0.1) is 11.9 Å². The van der Waals surface area contributed by atoms with Crippen molar-refractivity contribution < 1.29 is 18.0 Å². The molecule has 2 aromatic rings. The molecule has 0 spiro atoms. The maximum Gasteiger partial charge on any atom is 0.242 e. The van der Waals surface area contributed by atoms with Gasteiger partial charge in [0.15, 0.2) is 0 Å². The van der Waals surface area contributed by atoms with Gasteiger partial charge in [-0.3, -0.25) is 13.9 Å². The number of rotatable bonds is 12. The average Bonchev–Trinajstić information content (AvgIpc) is 2.75. The average molecular weight is 502 g/mol. The van der Waals surface area contributed by atoms with E-state index in [1.165, 1.54) is 10.6 Å². The summed E-state index contributed by atoms with van der Waals surface area (Å²) in [5, 5.41) is 2.83. The van der Waals surface area contributed by atoms with E-state index in [0.29, 0.717) is 31.6 Å². The highest BCUT2D eigenvalue weighted by Crippen LogP contribution is 2.22. The number of sulfonamides is 1. The van der Waals surface area contributed by atoms with E-state index in [9.17, 15) is 18.0 Å². The standard InChI is InChI=1S/C27H39N3O4S/c1-7-25(27(32)28-8-2)29(19-23-12-9-11-20(3)16-23)26(31)13-10-14-30(35(6,33)34)24-17-21(4)15-22(5)18-24/h9,11-12,15-18,25H,7-8,10,13-14,19H2,1-6H3,(H,28,32)/t25-/m0/s1. The monoisotopic (exact) mass is 501 g/mol. The molecule has 0 fully saturated rings. The lowest BCUT2D eigenvalue weighted by Gasteiger charge is -2.31. The van der Waals surface area contributed by atoms with Crippen LogP contribution in [0.25, 0.3) is 0 Å². The molecule has 0 heterocycles. The number of aryl methyl sites for hydroxylation is 3. The van der Waals surface area contributed by atoms with Crippen LogP contribution in [-0.2, 0) is 26.2 Å². The Balaban J connectivity index is 2.23. The molecule has 2 aromatic carbocycles. The Labute approximate surface area is 210 Å². The normalized spacial score (nSPS) is 12.2. The van der Waals surface area contributed by atoms with Crippen molar-refractivity contribution in [3.8, 4) is 0 Å². The van der Waals surface area contributed by atoms with Crippen LogP contribution in [0.15, 0.2) is 42.5 Å². The molecular weight excluding hydrogens is 462 g/mol. The molecule has 2 rings (SSSR count). The Morgan fingerprint density at radius 1 is 0.971 bits per heavy atom. The molecule has 0 saturated carbocycles. The van der Waals surface area contributed by atoms with Crippen molar-refractivity contribution in [3.63, 3.8) is 0 Å². The van der Waals surface area contributed by atoms with Crippen molar-refractivity contribution in [2.45, 2.75) is 66.5 Å². The fourth-order valence-corrected chi connectivity index (χ4v) is 5.27. The molecule has 1 N–H and O–H groups in total. The first-order chi connectivity index (χ1) is 16.5. The quantitative estimate of drug-likeness (QED) is 0.474. The summed E-state index contributed by atoms with van der Waals surface area (Å²) in [5.74, 6) is -0.345. The second-order valence-electron chi connectivity index (χ2n) is 9.11. The van der Waals surface area contributed by atoms with Crippen LogP contribution in [0.1, 0.15) is 55.4 Å². The molecule has 2 amide bonds. The van der Waals surface area contributed by atoms with Crippen molar-refractivity contribution in [3.05, 3.63) is 64.7 Å². The van der Waals surface area contributed by atoms with Crippen molar-refractivity contribution in [1.82, 2.24) is 10.2 Å². The molecule has 8 heteroatoms. The highest BCUT2D eigenvalue weighted by molar-refractivity contribution is 7.92. The molecule has 0 aliphatic carbocycles. The highest BCUT2D eigenvalue weighted by Gasteiger charge is 2.28. The zero-order valence-corrected chi connectivity index (χ0v) is 22.6. The molecule has 0 aromatic heterocycles. The van der Waals surface area contributed by atoms with Gasteiger partial charge in [0.2, 0.25) is 21.8 Å². The van der Waals surface area contributed by atoms with E-state index in [2.05, 4.69) is 5.32 Å². The molecule has 1 atom stereocenters. The van der Waals surface area contributed by atoms with E-state index < -0.39 is 16.1 Å². The SMILES string of the molecule is CCNC(=O)[C@H](CC)N(Cc1cccc(C)c1)C(=O)CCCN(c1cc(C)cc(C)c1)S(C)(=O)=O. The number of amides is 2. The van der Waals surface area contributed by atoms with Crippen LogP contribution in [0.4, 0.5) is 5.69 Å². The zero-order valence-electron chi connectivity index (χ0n) is 21.8. The maximum absolute atomic E-state index is 13.4. The molecule has 0 saturated heterocycles. The Morgan fingerprint density at radius 3 is 2.17 bits per heavy atom. The molecule has 0 aliphatic heterocycles. The first-order valence-corrected chi connectivity index (χ1v) is 14.0. The van der Waals surface area contributed by atoms with Gasteiger partial charge in [-0.2, -0.15) is 0 Å². The molecule has 35 heavy (non-hydrogen) atoms. The molecule has 0 unspecified atom stereocenters. The Morgan fingerprint density at radius 2 is 1.63 bits per heavy atom. The summed E-state index contributed by atoms with van der Waals surface area (Å²) in [6.07, 6.45) is 2.15. The zero-order chi connectivity index (χ0) is 26.2. The maximum atomic E-state index is 13.4. The van der Waals surface area contributed by atoms with Crippen LogP contribution >= 0.6 is 0 Å². The smallest absolute Gasteiger partial charge is 0.242 e. The lowest BCUT2D eigenvalue weighted by atomic mass is 10.1. The summed E-state index contributed by atoms with van der Waals surface area (Å²) in [6.45, 7) is 10.6. The Hall–Kier alpha value is -2.87. The van der Waals surface area contributed by atoms with Crippen LogP contribution < -0.4 is 9.62 Å². The number of anilines is 1. The number of carbonyl (C=O) groups is 2. The van der Waals surface area contributed by atoms with E-state index in [0.717, 1.165) is 22.3 Å². The summed E-state index contributed by atoms with van der Waals surface area (Å²) >= 11 is 0. The Kier molecular flexibility index (Phi) is 10.3. The number of nitrogens with zero attached hydrogens (tertiary/aromatic N) is 2. The van der Waals surface area contributed by atoms with Crippen LogP contribution in [0.2, 0.25) is 0 Å². The number of likely N-dealkylation sites (N-methyl/N-ethyl adjacent to an activating group) is 1. The second kappa shape index (κ2) is 12.7. The summed E-state index contributed by atoms with van der Waals surface area (Å²) in [4.78, 5) is 27.8. The van der Waals surface area contributed by atoms with Gasteiger partial charge in [0, 0.05) is 26.1 Å². The van der Waals surface area contributed by atoms with Crippen LogP contribution in [-0.4, -0.2) is 50.5 Å². The first kappa shape index (κ1) is 28.4. The van der Waals surface area contributed by atoms with Gasteiger partial charge in [-0.05, 0) is 69.4 Å². The minimum atomic E-state index is -3.52. The van der Waals surface area contributed by atoms with Crippen LogP contribution in [0.3, 0.4) is 0 Å². The van der Waals surface area contributed by atoms with Crippen LogP contribution in [0.5, 0.6) is 0 Å². The largest absolute Gasteiger partial charge is 0.355 e. The second-order valence-corrected chi connectivity index (χ2v) is 11.0. The van der Waals surface area contributed by atoms with Crippen LogP contribution in [0, 0.1) is 20.8 Å². The minimum absolute atomic E-state index is 0.137. The number of hydrogen-bond donors (Lipinski definition) is 1. The molecule has 192 valence electrons. The lowest BCUT2D eigenvalue weighted by molar-refractivity contribution is -0.141. The van der Waals surface area contributed by atoms with Gasteiger partial charge in [0.1, 0.15) is 6.04 Å². The summed E-state index contributed by atoms with van der Waals surface area (Å²) < 4.78 is 26.4. The van der Waals surface area contributed by atoms with E-state index in [4.69, 9.17) is 0 Å². The predicted octanol–water partition coefficient (Wildman–Crippen LogP) is 4.10. The van der Waals surface area contributed by atoms with Crippen molar-refractivity contribution in [2.24, 2.45) is 0 Å². The highest BCUT2D eigenvalue weighted by atomic mass is 32.2. The van der Waals surface area contributed by atoms with Gasteiger partial charge in [-0.25, -0.2) is 8.42 Å². The van der Waals surface area contributed by atoms with E-state index >= 15 is 0 Å². The fraction of sp³-hybridized carbons (Fsp3) is 0.481. The van der Waals surface area contributed by atoms with Crippen molar-refractivity contribution >= 4 is 27.5 Å². The number of carbonyl (C=O) groups excluding carboxylic acids is 2. The topological polar surface area (TPSA) is 86.8 Å². The molecular formula is C27H39N3O4S. The first-order valence-electron chi connectivity index (χ1n) is 12.1. The minimum Gasteiger partial charge on any atom is -0.355 e. The van der Waals surface area contributed by atoms with Gasteiger partial charge < -0.3 is 10.2 Å². The van der Waals surface area contributed by atoms with Gasteiger partial charge in [-0.1, -0.05) is 42.8 Å². The third-order valence-corrected chi connectivity index (χ3v) is 7.01. The predicted molar refractivity (Wildman–Crippen MR) is 142 cm³/mol. The van der Waals surface area contributed by atoms with Gasteiger partial charge in [-0.15, -0.1) is 0 Å². The molecule has 0 aliphatic rings. The number of benzene rings is 2. The number of nitrogens with one attached hydrogen (secondary N) is 1. The third kappa shape index (κ3) is 8.38.